The Morgan fingerprint density at radius 2 is 1.75 bits per heavy atom. The topological polar surface area (TPSA) is 66.6 Å². The van der Waals surface area contributed by atoms with Gasteiger partial charge < -0.3 is 15.5 Å². The molecule has 2 amide bonds. The van der Waals surface area contributed by atoms with E-state index in [4.69, 9.17) is 5.73 Å². The fraction of sp³-hybridized carbons (Fsp3) is 0.647. The fourth-order valence-electron chi connectivity index (χ4n) is 4.61. The molecule has 0 spiro atoms. The summed E-state index contributed by atoms with van der Waals surface area (Å²) < 4.78 is 0. The molecule has 4 atom stereocenters. The molecular formula is C17H24ClN3O2S. The van der Waals surface area contributed by atoms with Crippen molar-refractivity contribution in [2.75, 3.05) is 26.2 Å². The van der Waals surface area contributed by atoms with Crippen LogP contribution in [0.2, 0.25) is 0 Å². The molecule has 24 heavy (non-hydrogen) atoms. The molecule has 2 aliphatic carbocycles. The van der Waals surface area contributed by atoms with Crippen LogP contribution < -0.4 is 5.73 Å². The number of hydrogen-bond acceptors (Lipinski definition) is 4. The molecule has 5 nitrogen and oxygen atoms in total. The molecule has 1 aromatic heterocycles. The van der Waals surface area contributed by atoms with Crippen LogP contribution in [0.15, 0.2) is 16.8 Å². The Labute approximate surface area is 152 Å². The van der Waals surface area contributed by atoms with Gasteiger partial charge in [-0.05, 0) is 42.5 Å². The van der Waals surface area contributed by atoms with E-state index in [1.807, 2.05) is 26.6 Å². The van der Waals surface area contributed by atoms with Crippen LogP contribution in [0.1, 0.15) is 29.6 Å². The van der Waals surface area contributed by atoms with Crippen molar-refractivity contribution in [3.63, 3.8) is 0 Å². The van der Waals surface area contributed by atoms with Gasteiger partial charge in [0.25, 0.3) is 5.91 Å². The molecule has 2 heterocycles. The summed E-state index contributed by atoms with van der Waals surface area (Å²) >= 11 is 1.54. The number of thiophene rings is 1. The van der Waals surface area contributed by atoms with Gasteiger partial charge in [-0.25, -0.2) is 0 Å². The Morgan fingerprint density at radius 1 is 1.08 bits per heavy atom. The lowest BCUT2D eigenvalue weighted by molar-refractivity contribution is -0.139. The average molecular weight is 370 g/mol. The molecule has 2 saturated carbocycles. The Kier molecular flexibility index (Phi) is 5.18. The first kappa shape index (κ1) is 17.7. The van der Waals surface area contributed by atoms with Gasteiger partial charge in [0.15, 0.2) is 0 Å². The third kappa shape index (κ3) is 2.95. The highest BCUT2D eigenvalue weighted by molar-refractivity contribution is 7.08. The van der Waals surface area contributed by atoms with Crippen molar-refractivity contribution in [3.8, 4) is 0 Å². The smallest absolute Gasteiger partial charge is 0.254 e. The maximum atomic E-state index is 12.8. The average Bonchev–Trinajstić information content (AvgIpc) is 3.31. The summed E-state index contributed by atoms with van der Waals surface area (Å²) in [7, 11) is 0. The minimum atomic E-state index is 0. The third-order valence-electron chi connectivity index (χ3n) is 5.91. The monoisotopic (exact) mass is 369 g/mol. The number of carbonyl (C=O) groups is 2. The quantitative estimate of drug-likeness (QED) is 0.864. The van der Waals surface area contributed by atoms with Crippen LogP contribution in [0, 0.1) is 17.8 Å². The van der Waals surface area contributed by atoms with Crippen LogP contribution in [-0.4, -0.2) is 53.8 Å². The number of amides is 2. The summed E-state index contributed by atoms with van der Waals surface area (Å²) in [6.45, 7) is 2.51. The van der Waals surface area contributed by atoms with Crippen molar-refractivity contribution in [1.29, 1.82) is 0 Å². The van der Waals surface area contributed by atoms with Crippen molar-refractivity contribution in [2.24, 2.45) is 23.5 Å². The number of fused-ring (bicyclic) bond motifs is 2. The molecule has 1 aliphatic heterocycles. The van der Waals surface area contributed by atoms with E-state index in [0.29, 0.717) is 38.0 Å². The summed E-state index contributed by atoms with van der Waals surface area (Å²) in [6, 6.07) is 1.91. The van der Waals surface area contributed by atoms with E-state index >= 15 is 0 Å². The van der Waals surface area contributed by atoms with Gasteiger partial charge in [-0.3, -0.25) is 9.59 Å². The van der Waals surface area contributed by atoms with Crippen LogP contribution in [0.3, 0.4) is 0 Å². The summed E-state index contributed by atoms with van der Waals surface area (Å²) in [5.74, 6) is 1.37. The molecule has 3 aliphatic rings. The highest BCUT2D eigenvalue weighted by Crippen LogP contribution is 2.48. The molecule has 0 aromatic carbocycles. The summed E-state index contributed by atoms with van der Waals surface area (Å²) in [4.78, 5) is 29.0. The minimum Gasteiger partial charge on any atom is -0.339 e. The van der Waals surface area contributed by atoms with Crippen LogP contribution in [0.4, 0.5) is 0 Å². The molecule has 7 heteroatoms. The molecule has 4 unspecified atom stereocenters. The summed E-state index contributed by atoms with van der Waals surface area (Å²) in [6.07, 6.45) is 3.48. The molecule has 3 fully saturated rings. The van der Waals surface area contributed by atoms with E-state index in [1.54, 1.807) is 0 Å². The second-order valence-electron chi connectivity index (χ2n) is 7.07. The van der Waals surface area contributed by atoms with Crippen molar-refractivity contribution < 1.29 is 9.59 Å². The predicted octanol–water partition coefficient (Wildman–Crippen LogP) is 1.83. The summed E-state index contributed by atoms with van der Waals surface area (Å²) in [5, 5.41) is 3.80. The lowest BCUT2D eigenvalue weighted by atomic mass is 9.84. The van der Waals surface area contributed by atoms with Crippen molar-refractivity contribution >= 4 is 35.6 Å². The zero-order valence-corrected chi connectivity index (χ0v) is 15.2. The van der Waals surface area contributed by atoms with Crippen LogP contribution in [0.5, 0.6) is 0 Å². The highest BCUT2D eigenvalue weighted by atomic mass is 35.5. The number of rotatable bonds is 2. The largest absolute Gasteiger partial charge is 0.339 e. The first-order valence-electron chi connectivity index (χ1n) is 8.51. The SMILES string of the molecule is Cl.NC1C2CCC(C2)C1C(=O)N1CCN(C(=O)c2ccsc2)CC1. The van der Waals surface area contributed by atoms with Gasteiger partial charge in [-0.15, -0.1) is 12.4 Å². The number of carbonyl (C=O) groups excluding carboxylic acids is 2. The number of halogens is 1. The highest BCUT2D eigenvalue weighted by Gasteiger charge is 2.50. The molecule has 4 rings (SSSR count). The number of nitrogens with two attached hydrogens (primary N) is 1. The van der Waals surface area contributed by atoms with E-state index in [9.17, 15) is 9.59 Å². The molecule has 2 bridgehead atoms. The van der Waals surface area contributed by atoms with Gasteiger partial charge in [0.05, 0.1) is 11.5 Å². The van der Waals surface area contributed by atoms with E-state index in [-0.39, 0.29) is 36.2 Å². The summed E-state index contributed by atoms with van der Waals surface area (Å²) in [5.41, 5.74) is 7.06. The zero-order valence-electron chi connectivity index (χ0n) is 13.6. The molecule has 0 radical (unpaired) electrons. The Balaban J connectivity index is 0.00000169. The predicted molar refractivity (Wildman–Crippen MR) is 96.3 cm³/mol. The van der Waals surface area contributed by atoms with Gasteiger partial charge in [-0.1, -0.05) is 0 Å². The van der Waals surface area contributed by atoms with Crippen molar-refractivity contribution in [3.05, 3.63) is 22.4 Å². The molecular weight excluding hydrogens is 346 g/mol. The Bertz CT molecular complexity index is 599. The number of hydrogen-bond donors (Lipinski definition) is 1. The Hall–Kier alpha value is -1.11. The maximum Gasteiger partial charge on any atom is 0.254 e. The second kappa shape index (κ2) is 7.02. The van der Waals surface area contributed by atoms with E-state index in [1.165, 1.54) is 17.8 Å². The van der Waals surface area contributed by atoms with Crippen molar-refractivity contribution in [1.82, 2.24) is 9.80 Å². The van der Waals surface area contributed by atoms with Crippen LogP contribution in [-0.2, 0) is 4.79 Å². The van der Waals surface area contributed by atoms with Gasteiger partial charge >= 0.3 is 0 Å². The van der Waals surface area contributed by atoms with Gasteiger partial charge in [0.2, 0.25) is 5.91 Å². The number of piperazine rings is 1. The zero-order chi connectivity index (χ0) is 16.0. The van der Waals surface area contributed by atoms with E-state index in [2.05, 4.69) is 0 Å². The maximum absolute atomic E-state index is 12.8. The standard InChI is InChI=1S/C17H23N3O2S.ClH/c18-15-12-2-1-11(9-12)14(15)17(22)20-6-4-19(5-7-20)16(21)13-3-8-23-10-13;/h3,8,10-12,14-15H,1-2,4-7,9,18H2;1H. The van der Waals surface area contributed by atoms with E-state index < -0.39 is 0 Å². The first-order valence-corrected chi connectivity index (χ1v) is 9.45. The van der Waals surface area contributed by atoms with Crippen LogP contribution >= 0.6 is 23.7 Å². The van der Waals surface area contributed by atoms with Gasteiger partial charge in [-0.2, -0.15) is 11.3 Å². The Morgan fingerprint density at radius 3 is 2.33 bits per heavy atom. The molecule has 1 aromatic rings. The molecule has 2 N–H and O–H groups in total. The van der Waals surface area contributed by atoms with Crippen molar-refractivity contribution in [2.45, 2.75) is 25.3 Å². The fourth-order valence-corrected chi connectivity index (χ4v) is 5.24. The third-order valence-corrected chi connectivity index (χ3v) is 6.60. The molecule has 132 valence electrons. The van der Waals surface area contributed by atoms with Gasteiger partial charge in [0, 0.05) is 37.6 Å². The molecule has 1 saturated heterocycles. The van der Waals surface area contributed by atoms with Crippen LogP contribution in [0.25, 0.3) is 0 Å². The lowest BCUT2D eigenvalue weighted by Crippen LogP contribution is -2.54. The second-order valence-corrected chi connectivity index (χ2v) is 7.85. The first-order chi connectivity index (χ1) is 11.1. The minimum absolute atomic E-state index is 0. The van der Waals surface area contributed by atoms with Gasteiger partial charge in [0.1, 0.15) is 0 Å². The lowest BCUT2D eigenvalue weighted by Gasteiger charge is -2.38. The number of nitrogens with zero attached hydrogens (tertiary/aromatic N) is 2. The van der Waals surface area contributed by atoms with E-state index in [0.717, 1.165) is 18.4 Å². The normalized spacial score (nSPS) is 31.9.